The molecule has 1 aromatic rings. The highest BCUT2D eigenvalue weighted by Gasteiger charge is 2.15. The van der Waals surface area contributed by atoms with E-state index in [2.05, 4.69) is 15.6 Å². The predicted molar refractivity (Wildman–Crippen MR) is 110 cm³/mol. The summed E-state index contributed by atoms with van der Waals surface area (Å²) in [5, 5.41) is 17.6. The summed E-state index contributed by atoms with van der Waals surface area (Å²) in [7, 11) is 1.69. The first kappa shape index (κ1) is 21.8. The lowest BCUT2D eigenvalue weighted by Crippen LogP contribution is -2.43. The highest BCUT2D eigenvalue weighted by molar-refractivity contribution is 14.0. The van der Waals surface area contributed by atoms with Crippen molar-refractivity contribution in [2.75, 3.05) is 26.7 Å². The predicted octanol–water partition coefficient (Wildman–Crippen LogP) is 3.38. The third-order valence-electron chi connectivity index (χ3n) is 3.73. The number of halogens is 3. The van der Waals surface area contributed by atoms with Gasteiger partial charge in [0.2, 0.25) is 0 Å². The van der Waals surface area contributed by atoms with Crippen LogP contribution in [0.3, 0.4) is 0 Å². The van der Waals surface area contributed by atoms with E-state index in [1.54, 1.807) is 25.2 Å². The van der Waals surface area contributed by atoms with Gasteiger partial charge in [-0.3, -0.25) is 4.99 Å². The minimum atomic E-state index is -0.726. The molecule has 1 aromatic carbocycles. The molecule has 0 spiro atoms. The fraction of sp³-hybridized carbons (Fsp3) is 0.562. The van der Waals surface area contributed by atoms with Crippen molar-refractivity contribution in [3.05, 3.63) is 33.8 Å². The monoisotopic (exact) mass is 487 g/mol. The van der Waals surface area contributed by atoms with Crippen molar-refractivity contribution in [1.82, 2.24) is 10.6 Å². The lowest BCUT2D eigenvalue weighted by molar-refractivity contribution is 0.0194. The number of guanidine groups is 1. The molecule has 0 aliphatic carbocycles. The molecule has 5 nitrogen and oxygen atoms in total. The van der Waals surface area contributed by atoms with E-state index in [0.717, 1.165) is 19.4 Å². The van der Waals surface area contributed by atoms with Crippen molar-refractivity contribution in [1.29, 1.82) is 0 Å². The van der Waals surface area contributed by atoms with Crippen LogP contribution in [0.25, 0.3) is 0 Å². The van der Waals surface area contributed by atoms with Crippen LogP contribution in [0.4, 0.5) is 0 Å². The first-order valence-corrected chi connectivity index (χ1v) is 8.54. The van der Waals surface area contributed by atoms with Gasteiger partial charge < -0.3 is 20.5 Å². The largest absolute Gasteiger partial charge is 0.387 e. The third kappa shape index (κ3) is 7.31. The molecule has 1 saturated heterocycles. The zero-order chi connectivity index (χ0) is 16.7. The van der Waals surface area contributed by atoms with Crippen LogP contribution in [0.5, 0.6) is 0 Å². The zero-order valence-corrected chi connectivity index (χ0v) is 17.4. The van der Waals surface area contributed by atoms with E-state index in [1.807, 2.05) is 0 Å². The molecule has 3 N–H and O–H groups in total. The topological polar surface area (TPSA) is 65.9 Å². The quantitative estimate of drug-likeness (QED) is 0.338. The Morgan fingerprint density at radius 2 is 2.00 bits per heavy atom. The molecule has 8 heteroatoms. The first-order valence-electron chi connectivity index (χ1n) is 7.78. The molecule has 2 rings (SSSR count). The maximum absolute atomic E-state index is 10.2. The molecule has 2 unspecified atom stereocenters. The molecule has 1 aliphatic rings. The van der Waals surface area contributed by atoms with Gasteiger partial charge in [-0.15, -0.1) is 24.0 Å². The molecule has 1 fully saturated rings. The van der Waals surface area contributed by atoms with Crippen LogP contribution >= 0.6 is 47.2 Å². The molecule has 1 aliphatic heterocycles. The summed E-state index contributed by atoms with van der Waals surface area (Å²) in [6.45, 7) is 1.84. The molecule has 0 saturated carbocycles. The van der Waals surface area contributed by atoms with Gasteiger partial charge in [0.15, 0.2) is 5.96 Å². The second-order valence-electron chi connectivity index (χ2n) is 5.54. The van der Waals surface area contributed by atoms with E-state index in [4.69, 9.17) is 27.9 Å². The summed E-state index contributed by atoms with van der Waals surface area (Å²) < 4.78 is 5.67. The molecular formula is C16H24Cl2IN3O2. The Labute approximate surface area is 170 Å². The Morgan fingerprint density at radius 3 is 2.58 bits per heavy atom. The molecule has 1 heterocycles. The summed E-state index contributed by atoms with van der Waals surface area (Å²) in [5.41, 5.74) is 0.668. The Morgan fingerprint density at radius 1 is 1.29 bits per heavy atom. The van der Waals surface area contributed by atoms with E-state index < -0.39 is 6.10 Å². The van der Waals surface area contributed by atoms with Gasteiger partial charge >= 0.3 is 0 Å². The van der Waals surface area contributed by atoms with Crippen LogP contribution in [-0.4, -0.2) is 43.9 Å². The van der Waals surface area contributed by atoms with Crippen LogP contribution in [0.1, 0.15) is 30.9 Å². The summed E-state index contributed by atoms with van der Waals surface area (Å²) in [6, 6.07) is 5.04. The van der Waals surface area contributed by atoms with Crippen molar-refractivity contribution in [3.63, 3.8) is 0 Å². The Kier molecular flexibility index (Phi) is 10.3. The van der Waals surface area contributed by atoms with Crippen LogP contribution < -0.4 is 10.6 Å². The number of aliphatic hydroxyl groups is 1. The lowest BCUT2D eigenvalue weighted by atomic mass is 10.1. The van der Waals surface area contributed by atoms with Gasteiger partial charge in [-0.05, 0) is 43.0 Å². The first-order chi connectivity index (χ1) is 11.1. The fourth-order valence-electron chi connectivity index (χ4n) is 2.48. The van der Waals surface area contributed by atoms with Crippen LogP contribution in [0.15, 0.2) is 23.2 Å². The molecule has 2 atom stereocenters. The number of hydrogen-bond donors (Lipinski definition) is 3. The zero-order valence-electron chi connectivity index (χ0n) is 13.6. The summed E-state index contributed by atoms with van der Waals surface area (Å²) in [6.07, 6.45) is 2.90. The van der Waals surface area contributed by atoms with Crippen molar-refractivity contribution in [2.45, 2.75) is 31.5 Å². The highest BCUT2D eigenvalue weighted by Crippen LogP contribution is 2.23. The standard InChI is InChI=1S/C16H23Cl2N3O2.HI/c1-19-16(20-9-14-4-2-3-5-23-14)21-10-15(22)11-6-12(17)8-13(18)7-11;/h6-8,14-15,22H,2-5,9-10H2,1H3,(H2,19,20,21);1H. The number of aliphatic imine (C=N–C) groups is 1. The van der Waals surface area contributed by atoms with E-state index in [-0.39, 0.29) is 30.1 Å². The minimum Gasteiger partial charge on any atom is -0.387 e. The van der Waals surface area contributed by atoms with Crippen LogP contribution in [0, 0.1) is 0 Å². The van der Waals surface area contributed by atoms with Gasteiger partial charge in [-0.2, -0.15) is 0 Å². The number of ether oxygens (including phenoxy) is 1. The molecule has 0 radical (unpaired) electrons. The van der Waals surface area contributed by atoms with Gasteiger partial charge in [0, 0.05) is 36.8 Å². The molecule has 0 aromatic heterocycles. The number of rotatable bonds is 5. The Balaban J connectivity index is 0.00000288. The number of nitrogens with one attached hydrogen (secondary N) is 2. The number of nitrogens with zero attached hydrogens (tertiary/aromatic N) is 1. The Bertz CT molecular complexity index is 520. The van der Waals surface area contributed by atoms with Crippen molar-refractivity contribution < 1.29 is 9.84 Å². The maximum atomic E-state index is 10.2. The number of aliphatic hydroxyl groups excluding tert-OH is 1. The summed E-state index contributed by atoms with van der Waals surface area (Å²) >= 11 is 11.9. The smallest absolute Gasteiger partial charge is 0.191 e. The van der Waals surface area contributed by atoms with Crippen LogP contribution in [-0.2, 0) is 4.74 Å². The summed E-state index contributed by atoms with van der Waals surface area (Å²) in [4.78, 5) is 4.15. The summed E-state index contributed by atoms with van der Waals surface area (Å²) in [5.74, 6) is 0.631. The van der Waals surface area contributed by atoms with Gasteiger partial charge in [0.25, 0.3) is 0 Å². The molecule has 0 bridgehead atoms. The second-order valence-corrected chi connectivity index (χ2v) is 6.41. The lowest BCUT2D eigenvalue weighted by Gasteiger charge is -2.24. The Hall–Kier alpha value is -0.280. The minimum absolute atomic E-state index is 0. The van der Waals surface area contributed by atoms with Gasteiger partial charge in [-0.25, -0.2) is 0 Å². The average molecular weight is 488 g/mol. The normalized spacial score (nSPS) is 19.3. The third-order valence-corrected chi connectivity index (χ3v) is 4.16. The maximum Gasteiger partial charge on any atom is 0.191 e. The number of hydrogen-bond acceptors (Lipinski definition) is 3. The number of benzene rings is 1. The van der Waals surface area contributed by atoms with Crippen molar-refractivity contribution in [3.8, 4) is 0 Å². The molecular weight excluding hydrogens is 464 g/mol. The molecule has 136 valence electrons. The SMILES string of the molecule is CN=C(NCC1CCCCO1)NCC(O)c1cc(Cl)cc(Cl)c1.I. The van der Waals surface area contributed by atoms with E-state index in [1.165, 1.54) is 6.42 Å². The fourth-order valence-corrected chi connectivity index (χ4v) is 3.02. The van der Waals surface area contributed by atoms with Gasteiger partial charge in [-0.1, -0.05) is 23.2 Å². The van der Waals surface area contributed by atoms with Crippen molar-refractivity contribution >= 4 is 53.1 Å². The molecule has 24 heavy (non-hydrogen) atoms. The van der Waals surface area contributed by atoms with E-state index in [9.17, 15) is 5.11 Å². The second kappa shape index (κ2) is 11.4. The molecule has 0 amide bonds. The van der Waals surface area contributed by atoms with E-state index >= 15 is 0 Å². The van der Waals surface area contributed by atoms with Crippen molar-refractivity contribution in [2.24, 2.45) is 4.99 Å². The van der Waals surface area contributed by atoms with Crippen LogP contribution in [0.2, 0.25) is 10.0 Å². The van der Waals surface area contributed by atoms with E-state index in [0.29, 0.717) is 34.7 Å². The van der Waals surface area contributed by atoms with Gasteiger partial charge in [0.1, 0.15) is 0 Å². The van der Waals surface area contributed by atoms with Gasteiger partial charge in [0.05, 0.1) is 12.2 Å². The average Bonchev–Trinajstić information content (AvgIpc) is 2.55. The highest BCUT2D eigenvalue weighted by atomic mass is 127.